The number of anilines is 2. The highest BCUT2D eigenvalue weighted by Gasteiger charge is 1.95. The Kier molecular flexibility index (Phi) is 3.83. The molecule has 0 unspecified atom stereocenters. The van der Waals surface area contributed by atoms with Crippen molar-refractivity contribution < 1.29 is 4.74 Å². The zero-order valence-corrected chi connectivity index (χ0v) is 7.86. The Morgan fingerprint density at radius 1 is 1.75 bits per heavy atom. The van der Waals surface area contributed by atoms with Gasteiger partial charge in [0, 0.05) is 13.2 Å². The first-order valence-corrected chi connectivity index (χ1v) is 4.67. The molecule has 0 saturated heterocycles. The van der Waals surface area contributed by atoms with E-state index in [9.17, 15) is 0 Å². The second-order valence-corrected chi connectivity index (χ2v) is 3.25. The summed E-state index contributed by atoms with van der Waals surface area (Å²) in [6.07, 6.45) is 1.65. The Morgan fingerprint density at radius 2 is 2.58 bits per heavy atom. The molecule has 0 spiro atoms. The molecule has 1 heterocycles. The highest BCUT2D eigenvalue weighted by Crippen LogP contribution is 2.18. The summed E-state index contributed by atoms with van der Waals surface area (Å²) in [4.78, 5) is 4.04. The van der Waals surface area contributed by atoms with Gasteiger partial charge in [-0.25, -0.2) is 4.98 Å². The third kappa shape index (κ3) is 3.06. The van der Waals surface area contributed by atoms with Gasteiger partial charge in [0.15, 0.2) is 5.13 Å². The van der Waals surface area contributed by atoms with Gasteiger partial charge in [-0.3, -0.25) is 0 Å². The first kappa shape index (κ1) is 9.28. The van der Waals surface area contributed by atoms with Crippen LogP contribution >= 0.6 is 11.3 Å². The van der Waals surface area contributed by atoms with Crippen LogP contribution in [0.4, 0.5) is 10.1 Å². The summed E-state index contributed by atoms with van der Waals surface area (Å²) in [7, 11) is 0. The normalized spacial score (nSPS) is 10.1. The zero-order chi connectivity index (χ0) is 8.81. The molecule has 0 atom stereocenters. The van der Waals surface area contributed by atoms with Crippen molar-refractivity contribution in [2.45, 2.75) is 6.92 Å². The predicted octanol–water partition coefficient (Wildman–Crippen LogP) is 1.17. The lowest BCUT2D eigenvalue weighted by atomic mass is 10.7. The van der Waals surface area contributed by atoms with Gasteiger partial charge in [-0.05, 0) is 6.92 Å². The quantitative estimate of drug-likeness (QED) is 0.679. The van der Waals surface area contributed by atoms with E-state index in [1.54, 1.807) is 6.20 Å². The minimum Gasteiger partial charge on any atom is -0.389 e. The van der Waals surface area contributed by atoms with Gasteiger partial charge in [0.25, 0.3) is 0 Å². The third-order valence-electron chi connectivity index (χ3n) is 1.25. The molecule has 0 fully saturated rings. The van der Waals surface area contributed by atoms with Crippen molar-refractivity contribution in [1.82, 2.24) is 4.98 Å². The molecule has 5 heteroatoms. The zero-order valence-electron chi connectivity index (χ0n) is 7.04. The Bertz CT molecular complexity index is 226. The molecular weight excluding hydrogens is 174 g/mol. The van der Waals surface area contributed by atoms with Crippen molar-refractivity contribution in [1.29, 1.82) is 0 Å². The number of hydrogen-bond donors (Lipinski definition) is 2. The molecule has 0 aliphatic carbocycles. The molecule has 1 rings (SSSR count). The highest BCUT2D eigenvalue weighted by molar-refractivity contribution is 7.19. The fourth-order valence-corrected chi connectivity index (χ4v) is 1.35. The van der Waals surface area contributed by atoms with Crippen LogP contribution in [-0.4, -0.2) is 24.7 Å². The number of ether oxygens (including phenoxy) is 1. The molecule has 1 aromatic rings. The minimum atomic E-state index is 0.704. The molecule has 0 saturated carbocycles. The molecule has 4 nitrogen and oxygen atoms in total. The first-order chi connectivity index (χ1) is 5.83. The van der Waals surface area contributed by atoms with Gasteiger partial charge in [0.05, 0.1) is 12.8 Å². The van der Waals surface area contributed by atoms with E-state index in [1.807, 2.05) is 6.92 Å². The molecular formula is C7H13N3OS. The fraction of sp³-hybridized carbons (Fsp3) is 0.571. The van der Waals surface area contributed by atoms with E-state index >= 15 is 0 Å². The maximum atomic E-state index is 5.49. The largest absolute Gasteiger partial charge is 0.389 e. The number of rotatable bonds is 5. The van der Waals surface area contributed by atoms with Gasteiger partial charge in [-0.15, -0.1) is 0 Å². The van der Waals surface area contributed by atoms with Crippen LogP contribution in [0.1, 0.15) is 6.92 Å². The average Bonchev–Trinajstić information content (AvgIpc) is 2.45. The van der Waals surface area contributed by atoms with Gasteiger partial charge in [0.2, 0.25) is 0 Å². The van der Waals surface area contributed by atoms with Crippen molar-refractivity contribution in [3.8, 4) is 0 Å². The second kappa shape index (κ2) is 4.95. The lowest BCUT2D eigenvalue weighted by Gasteiger charge is -2.01. The van der Waals surface area contributed by atoms with Crippen LogP contribution in [0.3, 0.4) is 0 Å². The summed E-state index contributed by atoms with van der Waals surface area (Å²) in [5.41, 5.74) is 5.49. The van der Waals surface area contributed by atoms with Crippen molar-refractivity contribution in [2.24, 2.45) is 0 Å². The van der Waals surface area contributed by atoms with Gasteiger partial charge in [0.1, 0.15) is 5.00 Å². The standard InChI is InChI=1S/C7H13N3OS/c1-2-11-4-3-9-7-10-5-6(8)12-7/h5H,2-4,8H2,1H3,(H,9,10). The third-order valence-corrected chi connectivity index (χ3v) is 2.03. The van der Waals surface area contributed by atoms with E-state index in [1.165, 1.54) is 11.3 Å². The number of nitrogens with two attached hydrogens (primary N) is 1. The van der Waals surface area contributed by atoms with Crippen molar-refractivity contribution in [3.63, 3.8) is 0 Å². The van der Waals surface area contributed by atoms with Gasteiger partial charge >= 0.3 is 0 Å². The van der Waals surface area contributed by atoms with Gasteiger partial charge < -0.3 is 15.8 Å². The summed E-state index contributed by atoms with van der Waals surface area (Å²) in [6, 6.07) is 0. The molecule has 12 heavy (non-hydrogen) atoms. The van der Waals surface area contributed by atoms with Crippen molar-refractivity contribution in [3.05, 3.63) is 6.20 Å². The lowest BCUT2D eigenvalue weighted by molar-refractivity contribution is 0.158. The molecule has 0 aromatic carbocycles. The molecule has 0 bridgehead atoms. The average molecular weight is 187 g/mol. The number of hydrogen-bond acceptors (Lipinski definition) is 5. The van der Waals surface area contributed by atoms with Crippen molar-refractivity contribution in [2.75, 3.05) is 30.8 Å². The monoisotopic (exact) mass is 187 g/mol. The van der Waals surface area contributed by atoms with Crippen LogP contribution in [0.15, 0.2) is 6.20 Å². The van der Waals surface area contributed by atoms with Gasteiger partial charge in [-0.1, -0.05) is 11.3 Å². The highest BCUT2D eigenvalue weighted by atomic mass is 32.1. The van der Waals surface area contributed by atoms with E-state index in [4.69, 9.17) is 10.5 Å². The predicted molar refractivity (Wildman–Crippen MR) is 51.5 cm³/mol. The number of nitrogens with one attached hydrogen (secondary N) is 1. The van der Waals surface area contributed by atoms with E-state index in [0.29, 0.717) is 6.61 Å². The fourth-order valence-electron chi connectivity index (χ4n) is 0.743. The Morgan fingerprint density at radius 3 is 3.17 bits per heavy atom. The van der Waals surface area contributed by atoms with Crippen LogP contribution in [0.2, 0.25) is 0 Å². The smallest absolute Gasteiger partial charge is 0.184 e. The topological polar surface area (TPSA) is 60.2 Å². The lowest BCUT2D eigenvalue weighted by Crippen LogP contribution is -2.08. The summed E-state index contributed by atoms with van der Waals surface area (Å²) < 4.78 is 5.15. The molecule has 1 aromatic heterocycles. The summed E-state index contributed by atoms with van der Waals surface area (Å²) >= 11 is 1.45. The number of nitrogen functional groups attached to an aromatic ring is 1. The van der Waals surface area contributed by atoms with Crippen molar-refractivity contribution >= 4 is 21.5 Å². The maximum absolute atomic E-state index is 5.49. The van der Waals surface area contributed by atoms with E-state index in [-0.39, 0.29) is 0 Å². The molecule has 3 N–H and O–H groups in total. The number of thiazole rings is 1. The van der Waals surface area contributed by atoms with E-state index in [2.05, 4.69) is 10.3 Å². The van der Waals surface area contributed by atoms with E-state index in [0.717, 1.165) is 23.3 Å². The molecule has 0 radical (unpaired) electrons. The summed E-state index contributed by atoms with van der Waals surface area (Å²) in [6.45, 7) is 4.21. The van der Waals surface area contributed by atoms with Crippen LogP contribution in [0.25, 0.3) is 0 Å². The maximum Gasteiger partial charge on any atom is 0.184 e. The van der Waals surface area contributed by atoms with Gasteiger partial charge in [-0.2, -0.15) is 0 Å². The van der Waals surface area contributed by atoms with E-state index < -0.39 is 0 Å². The first-order valence-electron chi connectivity index (χ1n) is 3.86. The van der Waals surface area contributed by atoms with Crippen LogP contribution in [0, 0.1) is 0 Å². The number of aromatic nitrogens is 1. The summed E-state index contributed by atoms with van der Waals surface area (Å²) in [5.74, 6) is 0. The Labute approximate surface area is 75.8 Å². The molecule has 68 valence electrons. The number of nitrogens with zero attached hydrogens (tertiary/aromatic N) is 1. The van der Waals surface area contributed by atoms with Crippen LogP contribution in [0.5, 0.6) is 0 Å². The molecule has 0 amide bonds. The molecule has 0 aliphatic heterocycles. The summed E-state index contributed by atoms with van der Waals surface area (Å²) in [5, 5.41) is 4.69. The van der Waals surface area contributed by atoms with Crippen LogP contribution in [-0.2, 0) is 4.74 Å². The van der Waals surface area contributed by atoms with Crippen LogP contribution < -0.4 is 11.1 Å². The SMILES string of the molecule is CCOCCNc1ncc(N)s1. The Balaban J connectivity index is 2.15. The molecule has 0 aliphatic rings. The minimum absolute atomic E-state index is 0.704. The Hall–Kier alpha value is -0.810. The second-order valence-electron chi connectivity index (χ2n) is 2.19.